The Hall–Kier alpha value is -0.990. The van der Waals surface area contributed by atoms with Crippen LogP contribution in [0.1, 0.15) is 12.0 Å². The normalized spacial score (nSPS) is 10.8. The molecule has 0 aliphatic heterocycles. The van der Waals surface area contributed by atoms with Crippen molar-refractivity contribution in [3.63, 3.8) is 0 Å². The van der Waals surface area contributed by atoms with E-state index in [0.717, 1.165) is 17.7 Å². The van der Waals surface area contributed by atoms with Crippen molar-refractivity contribution in [1.29, 1.82) is 0 Å². The first-order valence-corrected chi connectivity index (χ1v) is 4.85. The number of ether oxygens (including phenoxy) is 1. The van der Waals surface area contributed by atoms with Crippen molar-refractivity contribution in [2.45, 2.75) is 6.42 Å². The average molecular weight is 212 g/mol. The van der Waals surface area contributed by atoms with E-state index < -0.39 is 0 Å². The van der Waals surface area contributed by atoms with Gasteiger partial charge in [-0.2, -0.15) is 0 Å². The second-order valence-electron chi connectivity index (χ2n) is 2.90. The molecule has 14 heavy (non-hydrogen) atoms. The molecule has 0 amide bonds. The third kappa shape index (κ3) is 3.40. The van der Waals surface area contributed by atoms with Crippen molar-refractivity contribution < 1.29 is 4.74 Å². The molecule has 1 aromatic carbocycles. The van der Waals surface area contributed by atoms with Gasteiger partial charge < -0.3 is 10.5 Å². The standard InChI is InChI=1S/C11H14ClNO/c1-14-11-7-9(4-2-3-5-13)6-10(12)8-11/h2,4,6-8H,3,5,13H2,1H3. The molecule has 1 aromatic rings. The van der Waals surface area contributed by atoms with Gasteiger partial charge in [-0.15, -0.1) is 0 Å². The molecular weight excluding hydrogens is 198 g/mol. The molecule has 0 heterocycles. The molecule has 0 fully saturated rings. The van der Waals surface area contributed by atoms with Crippen LogP contribution < -0.4 is 10.5 Å². The highest BCUT2D eigenvalue weighted by molar-refractivity contribution is 6.30. The van der Waals surface area contributed by atoms with Gasteiger partial charge in [-0.05, 0) is 36.7 Å². The number of nitrogens with two attached hydrogens (primary N) is 1. The first kappa shape index (κ1) is 11.1. The van der Waals surface area contributed by atoms with E-state index in [-0.39, 0.29) is 0 Å². The quantitative estimate of drug-likeness (QED) is 0.831. The second-order valence-corrected chi connectivity index (χ2v) is 3.34. The Morgan fingerprint density at radius 1 is 1.43 bits per heavy atom. The molecule has 0 aliphatic rings. The van der Waals surface area contributed by atoms with Crippen LogP contribution in [0, 0.1) is 0 Å². The van der Waals surface area contributed by atoms with Gasteiger partial charge in [-0.1, -0.05) is 23.8 Å². The van der Waals surface area contributed by atoms with Gasteiger partial charge in [-0.25, -0.2) is 0 Å². The van der Waals surface area contributed by atoms with Gasteiger partial charge >= 0.3 is 0 Å². The molecule has 0 atom stereocenters. The SMILES string of the molecule is COc1cc(Cl)cc(C=CCCN)c1. The summed E-state index contributed by atoms with van der Waals surface area (Å²) in [4.78, 5) is 0. The van der Waals surface area contributed by atoms with Crippen molar-refractivity contribution in [2.75, 3.05) is 13.7 Å². The molecule has 0 unspecified atom stereocenters. The number of benzene rings is 1. The Bertz CT molecular complexity index is 323. The lowest BCUT2D eigenvalue weighted by Gasteiger charge is -2.02. The summed E-state index contributed by atoms with van der Waals surface area (Å²) in [6.07, 6.45) is 4.88. The van der Waals surface area contributed by atoms with Gasteiger partial charge in [-0.3, -0.25) is 0 Å². The van der Waals surface area contributed by atoms with Crippen molar-refractivity contribution in [2.24, 2.45) is 5.73 Å². The molecule has 0 aromatic heterocycles. The van der Waals surface area contributed by atoms with E-state index in [9.17, 15) is 0 Å². The summed E-state index contributed by atoms with van der Waals surface area (Å²) < 4.78 is 5.10. The largest absolute Gasteiger partial charge is 0.497 e. The summed E-state index contributed by atoms with van der Waals surface area (Å²) in [6.45, 7) is 0.661. The van der Waals surface area contributed by atoms with Gasteiger partial charge in [0, 0.05) is 5.02 Å². The molecule has 3 heteroatoms. The van der Waals surface area contributed by atoms with Crippen molar-refractivity contribution in [3.8, 4) is 5.75 Å². The summed E-state index contributed by atoms with van der Waals surface area (Å²) in [6, 6.07) is 5.60. The Morgan fingerprint density at radius 3 is 2.86 bits per heavy atom. The van der Waals surface area contributed by atoms with Gasteiger partial charge in [0.25, 0.3) is 0 Å². The van der Waals surface area contributed by atoms with Crippen LogP contribution in [0.5, 0.6) is 5.75 Å². The first-order chi connectivity index (χ1) is 6.76. The first-order valence-electron chi connectivity index (χ1n) is 4.47. The predicted octanol–water partition coefficient (Wildman–Crippen LogP) is 2.71. The molecule has 0 saturated heterocycles. The molecule has 0 radical (unpaired) electrons. The lowest BCUT2D eigenvalue weighted by Crippen LogP contribution is -1.94. The van der Waals surface area contributed by atoms with Crippen LogP contribution in [0.15, 0.2) is 24.3 Å². The highest BCUT2D eigenvalue weighted by atomic mass is 35.5. The Labute approximate surface area is 89.3 Å². The number of rotatable bonds is 4. The van der Waals surface area contributed by atoms with Gasteiger partial charge in [0.2, 0.25) is 0 Å². The molecule has 2 N–H and O–H groups in total. The molecular formula is C11H14ClNO. The third-order valence-corrected chi connectivity index (χ3v) is 1.99. The summed E-state index contributed by atoms with van der Waals surface area (Å²) in [5, 5.41) is 0.678. The predicted molar refractivity (Wildman–Crippen MR) is 60.7 cm³/mol. The van der Waals surface area contributed by atoms with Crippen LogP contribution in [0.25, 0.3) is 6.08 Å². The molecule has 76 valence electrons. The summed E-state index contributed by atoms with van der Waals surface area (Å²) in [5.41, 5.74) is 6.41. The van der Waals surface area contributed by atoms with E-state index in [2.05, 4.69) is 0 Å². The highest BCUT2D eigenvalue weighted by Gasteiger charge is 1.96. The fourth-order valence-electron chi connectivity index (χ4n) is 1.11. The zero-order chi connectivity index (χ0) is 10.4. The van der Waals surface area contributed by atoms with Crippen molar-refractivity contribution in [1.82, 2.24) is 0 Å². The highest BCUT2D eigenvalue weighted by Crippen LogP contribution is 2.21. The molecule has 1 rings (SSSR count). The van der Waals surface area contributed by atoms with Crippen LogP contribution in [-0.4, -0.2) is 13.7 Å². The minimum absolute atomic E-state index is 0.661. The zero-order valence-corrected chi connectivity index (χ0v) is 8.92. The van der Waals surface area contributed by atoms with E-state index >= 15 is 0 Å². The zero-order valence-electron chi connectivity index (χ0n) is 8.16. The molecule has 0 spiro atoms. The van der Waals surface area contributed by atoms with Crippen LogP contribution in [-0.2, 0) is 0 Å². The Balaban J connectivity index is 2.81. The maximum absolute atomic E-state index is 5.90. The van der Waals surface area contributed by atoms with Crippen LogP contribution in [0.2, 0.25) is 5.02 Å². The summed E-state index contributed by atoms with van der Waals surface area (Å²) in [5.74, 6) is 0.768. The van der Waals surface area contributed by atoms with Crippen LogP contribution in [0.4, 0.5) is 0 Å². The fourth-order valence-corrected chi connectivity index (χ4v) is 1.35. The van der Waals surface area contributed by atoms with E-state index in [0.29, 0.717) is 11.6 Å². The minimum atomic E-state index is 0.661. The van der Waals surface area contributed by atoms with Gasteiger partial charge in [0.1, 0.15) is 5.75 Å². The Morgan fingerprint density at radius 2 is 2.21 bits per heavy atom. The summed E-state index contributed by atoms with van der Waals surface area (Å²) in [7, 11) is 1.62. The topological polar surface area (TPSA) is 35.2 Å². The molecule has 0 saturated carbocycles. The molecule has 0 bridgehead atoms. The molecule has 0 aliphatic carbocycles. The van der Waals surface area contributed by atoms with E-state index in [1.165, 1.54) is 0 Å². The minimum Gasteiger partial charge on any atom is -0.497 e. The van der Waals surface area contributed by atoms with Gasteiger partial charge in [0.15, 0.2) is 0 Å². The van der Waals surface area contributed by atoms with E-state index in [4.69, 9.17) is 22.1 Å². The van der Waals surface area contributed by atoms with Crippen LogP contribution in [0.3, 0.4) is 0 Å². The van der Waals surface area contributed by atoms with E-state index in [1.807, 2.05) is 24.3 Å². The maximum atomic E-state index is 5.90. The van der Waals surface area contributed by atoms with Crippen LogP contribution >= 0.6 is 11.6 Å². The lowest BCUT2D eigenvalue weighted by molar-refractivity contribution is 0.415. The smallest absolute Gasteiger partial charge is 0.120 e. The van der Waals surface area contributed by atoms with Crippen molar-refractivity contribution in [3.05, 3.63) is 34.9 Å². The maximum Gasteiger partial charge on any atom is 0.120 e. The number of hydrogen-bond donors (Lipinski definition) is 1. The van der Waals surface area contributed by atoms with Gasteiger partial charge in [0.05, 0.1) is 7.11 Å². The second kappa shape index (κ2) is 5.68. The summed E-state index contributed by atoms with van der Waals surface area (Å²) >= 11 is 5.90. The number of methoxy groups -OCH3 is 1. The lowest BCUT2D eigenvalue weighted by atomic mass is 10.2. The van der Waals surface area contributed by atoms with Crippen molar-refractivity contribution >= 4 is 17.7 Å². The number of halogens is 1. The average Bonchev–Trinajstić information content (AvgIpc) is 2.17. The molecule has 2 nitrogen and oxygen atoms in total. The fraction of sp³-hybridized carbons (Fsp3) is 0.273. The monoisotopic (exact) mass is 211 g/mol. The number of hydrogen-bond acceptors (Lipinski definition) is 2. The van der Waals surface area contributed by atoms with E-state index in [1.54, 1.807) is 13.2 Å². The Kier molecular flexibility index (Phi) is 4.50. The third-order valence-electron chi connectivity index (χ3n) is 1.77.